The number of carboxylic acid groups (broad SMARTS) is 2. The molecule has 1 aromatic rings. The molecule has 0 bridgehead atoms. The van der Waals surface area contributed by atoms with Crippen molar-refractivity contribution in [3.8, 4) is 0 Å². The van der Waals surface area contributed by atoms with Gasteiger partial charge in [0, 0.05) is 36.8 Å². The molecule has 0 aromatic heterocycles. The van der Waals surface area contributed by atoms with E-state index in [1.165, 1.54) is 6.42 Å². The minimum atomic E-state index is -1.82. The maximum Gasteiger partial charge on any atom is 0.414 e. The van der Waals surface area contributed by atoms with Crippen molar-refractivity contribution in [2.24, 2.45) is 11.8 Å². The Labute approximate surface area is 157 Å². The van der Waals surface area contributed by atoms with Gasteiger partial charge in [-0.2, -0.15) is 0 Å². The van der Waals surface area contributed by atoms with E-state index >= 15 is 0 Å². The summed E-state index contributed by atoms with van der Waals surface area (Å²) in [5.41, 5.74) is 0.767. The molecule has 2 unspecified atom stereocenters. The lowest BCUT2D eigenvalue weighted by Crippen LogP contribution is -2.40. The van der Waals surface area contributed by atoms with Crippen molar-refractivity contribution in [1.29, 1.82) is 0 Å². The first-order valence-corrected chi connectivity index (χ1v) is 8.79. The number of aliphatic carboxylic acids is 2. The molecule has 0 spiro atoms. The number of nitrogens with one attached hydrogen (secondary N) is 1. The first kappa shape index (κ1) is 21.9. The summed E-state index contributed by atoms with van der Waals surface area (Å²) in [7, 11) is 0. The average molecular weight is 385 g/mol. The minimum Gasteiger partial charge on any atom is -0.473 e. The van der Waals surface area contributed by atoms with Crippen molar-refractivity contribution < 1.29 is 24.6 Å². The summed E-state index contributed by atoms with van der Waals surface area (Å²) in [6.07, 6.45) is 1.83. The molecule has 2 atom stereocenters. The van der Waals surface area contributed by atoms with E-state index < -0.39 is 11.9 Å². The number of benzene rings is 1. The van der Waals surface area contributed by atoms with E-state index in [9.17, 15) is 4.79 Å². The molecule has 1 saturated heterocycles. The Kier molecular flexibility index (Phi) is 9.09. The third kappa shape index (κ3) is 8.82. The van der Waals surface area contributed by atoms with Crippen LogP contribution in [0.25, 0.3) is 0 Å². The molecule has 144 valence electrons. The van der Waals surface area contributed by atoms with Gasteiger partial charge in [0.05, 0.1) is 0 Å². The van der Waals surface area contributed by atoms with Gasteiger partial charge in [-0.05, 0) is 36.5 Å². The third-order valence-electron chi connectivity index (χ3n) is 3.89. The van der Waals surface area contributed by atoms with E-state index in [-0.39, 0.29) is 5.91 Å². The van der Waals surface area contributed by atoms with Crippen molar-refractivity contribution in [3.05, 3.63) is 29.3 Å². The molecular weight excluding hydrogens is 360 g/mol. The number of nitrogens with zero attached hydrogens (tertiary/aromatic N) is 1. The van der Waals surface area contributed by atoms with Crippen LogP contribution >= 0.6 is 11.6 Å². The van der Waals surface area contributed by atoms with Crippen LogP contribution in [0.15, 0.2) is 24.3 Å². The average Bonchev–Trinajstić information content (AvgIpc) is 2.52. The first-order valence-electron chi connectivity index (χ1n) is 8.41. The standard InChI is InChI=1S/C16H23ClN2O.C2H2O4/c1-12-8-13(2)11-19(10-12)7-6-16(20)18-15-5-3-4-14(17)9-15;3-1(4)2(5)6/h3-5,9,12-13H,6-8,10-11H2,1-2H3,(H,18,20);(H,3,4)(H,5,6). The predicted molar refractivity (Wildman–Crippen MR) is 99.4 cm³/mol. The molecule has 1 aliphatic heterocycles. The maximum absolute atomic E-state index is 11.9. The molecule has 1 aromatic carbocycles. The lowest BCUT2D eigenvalue weighted by Gasteiger charge is -2.34. The van der Waals surface area contributed by atoms with Crippen LogP contribution in [0.2, 0.25) is 5.02 Å². The molecule has 0 radical (unpaired) electrons. The zero-order chi connectivity index (χ0) is 19.7. The van der Waals surface area contributed by atoms with Crippen LogP contribution in [0.4, 0.5) is 5.69 Å². The van der Waals surface area contributed by atoms with Gasteiger partial charge >= 0.3 is 11.9 Å². The topological polar surface area (TPSA) is 107 Å². The minimum absolute atomic E-state index is 0.0538. The summed E-state index contributed by atoms with van der Waals surface area (Å²) in [5, 5.41) is 18.3. The number of amides is 1. The van der Waals surface area contributed by atoms with Gasteiger partial charge in [-0.1, -0.05) is 31.5 Å². The smallest absolute Gasteiger partial charge is 0.414 e. The van der Waals surface area contributed by atoms with E-state index in [0.717, 1.165) is 37.2 Å². The number of halogens is 1. The van der Waals surface area contributed by atoms with Gasteiger partial charge in [-0.25, -0.2) is 9.59 Å². The highest BCUT2D eigenvalue weighted by Crippen LogP contribution is 2.21. The Morgan fingerprint density at radius 3 is 2.23 bits per heavy atom. The fraction of sp³-hybridized carbons (Fsp3) is 0.500. The molecule has 26 heavy (non-hydrogen) atoms. The van der Waals surface area contributed by atoms with E-state index in [4.69, 9.17) is 31.4 Å². The zero-order valence-electron chi connectivity index (χ0n) is 14.9. The number of hydrogen-bond acceptors (Lipinski definition) is 4. The fourth-order valence-electron chi connectivity index (χ4n) is 3.02. The summed E-state index contributed by atoms with van der Waals surface area (Å²) in [4.78, 5) is 32.5. The van der Waals surface area contributed by atoms with E-state index in [1.807, 2.05) is 12.1 Å². The maximum atomic E-state index is 11.9. The normalized spacial score (nSPS) is 19.8. The Morgan fingerprint density at radius 2 is 1.73 bits per heavy atom. The number of carbonyl (C=O) groups excluding carboxylic acids is 1. The zero-order valence-corrected chi connectivity index (χ0v) is 15.7. The number of piperidine rings is 1. The Bertz CT molecular complexity index is 616. The van der Waals surface area contributed by atoms with Crippen LogP contribution in [0.3, 0.4) is 0 Å². The van der Waals surface area contributed by atoms with Crippen LogP contribution in [0.5, 0.6) is 0 Å². The second-order valence-electron chi connectivity index (χ2n) is 6.62. The van der Waals surface area contributed by atoms with Crippen molar-refractivity contribution in [1.82, 2.24) is 4.90 Å². The second-order valence-corrected chi connectivity index (χ2v) is 7.06. The number of hydrogen-bond donors (Lipinski definition) is 3. The highest BCUT2D eigenvalue weighted by atomic mass is 35.5. The van der Waals surface area contributed by atoms with Gasteiger partial charge in [-0.3, -0.25) is 4.79 Å². The first-order chi connectivity index (χ1) is 12.2. The summed E-state index contributed by atoms with van der Waals surface area (Å²) in [6.45, 7) is 7.62. The third-order valence-corrected chi connectivity index (χ3v) is 4.13. The molecule has 7 nitrogen and oxygen atoms in total. The van der Waals surface area contributed by atoms with Crippen LogP contribution in [-0.2, 0) is 14.4 Å². The molecule has 0 saturated carbocycles. The fourth-order valence-corrected chi connectivity index (χ4v) is 3.21. The van der Waals surface area contributed by atoms with Gasteiger partial charge in [0.25, 0.3) is 0 Å². The van der Waals surface area contributed by atoms with Crippen molar-refractivity contribution in [2.45, 2.75) is 26.7 Å². The molecule has 3 N–H and O–H groups in total. The molecule has 1 aliphatic rings. The molecule has 1 amide bonds. The quantitative estimate of drug-likeness (QED) is 0.689. The molecular formula is C18H25ClN2O5. The molecule has 0 aliphatic carbocycles. The predicted octanol–water partition coefficient (Wildman–Crippen LogP) is 2.80. The number of anilines is 1. The van der Waals surface area contributed by atoms with E-state index in [2.05, 4.69) is 24.1 Å². The lowest BCUT2D eigenvalue weighted by molar-refractivity contribution is -0.159. The second kappa shape index (κ2) is 10.8. The van der Waals surface area contributed by atoms with Crippen molar-refractivity contribution in [2.75, 3.05) is 25.0 Å². The highest BCUT2D eigenvalue weighted by molar-refractivity contribution is 6.30. The molecule has 2 rings (SSSR count). The van der Waals surface area contributed by atoms with Crippen LogP contribution in [0.1, 0.15) is 26.7 Å². The van der Waals surface area contributed by atoms with Crippen LogP contribution in [-0.4, -0.2) is 52.6 Å². The van der Waals surface area contributed by atoms with Gasteiger partial charge in [0.15, 0.2) is 0 Å². The Balaban J connectivity index is 0.000000487. The Hall–Kier alpha value is -2.12. The highest BCUT2D eigenvalue weighted by Gasteiger charge is 2.21. The summed E-state index contributed by atoms with van der Waals surface area (Å²) in [6, 6.07) is 7.26. The molecule has 8 heteroatoms. The van der Waals surface area contributed by atoms with Gasteiger partial charge in [-0.15, -0.1) is 0 Å². The van der Waals surface area contributed by atoms with E-state index in [1.54, 1.807) is 12.1 Å². The summed E-state index contributed by atoms with van der Waals surface area (Å²) < 4.78 is 0. The Morgan fingerprint density at radius 1 is 1.15 bits per heavy atom. The monoisotopic (exact) mass is 384 g/mol. The lowest BCUT2D eigenvalue weighted by atomic mass is 9.92. The van der Waals surface area contributed by atoms with Crippen molar-refractivity contribution >= 4 is 35.1 Å². The molecule has 1 heterocycles. The SMILES string of the molecule is CC1CC(C)CN(CCC(=O)Nc2cccc(Cl)c2)C1.O=C(O)C(=O)O. The van der Waals surface area contributed by atoms with Gasteiger partial charge in [0.1, 0.15) is 0 Å². The van der Waals surface area contributed by atoms with E-state index in [0.29, 0.717) is 11.4 Å². The number of carbonyl (C=O) groups is 3. The van der Waals surface area contributed by atoms with Crippen molar-refractivity contribution in [3.63, 3.8) is 0 Å². The summed E-state index contributed by atoms with van der Waals surface area (Å²) >= 11 is 5.90. The van der Waals surface area contributed by atoms with Gasteiger partial charge in [0.2, 0.25) is 5.91 Å². The number of rotatable bonds is 4. The largest absolute Gasteiger partial charge is 0.473 e. The van der Waals surface area contributed by atoms with Crippen LogP contribution < -0.4 is 5.32 Å². The summed E-state index contributed by atoms with van der Waals surface area (Å²) in [5.74, 6) is -2.13. The van der Waals surface area contributed by atoms with Gasteiger partial charge < -0.3 is 20.4 Å². The number of likely N-dealkylation sites (tertiary alicyclic amines) is 1. The number of carboxylic acids is 2. The molecule has 1 fully saturated rings. The van der Waals surface area contributed by atoms with Crippen LogP contribution in [0, 0.1) is 11.8 Å².